The standard InChI is InChI=1S/C13H23N/c1-9-4-2-5-10(8-9)13(14)11-6-3-7-12(11)13/h9-12H,2-8,14H2,1H3. The van der Waals surface area contributed by atoms with E-state index in [0.29, 0.717) is 5.54 Å². The molecule has 0 spiro atoms. The summed E-state index contributed by atoms with van der Waals surface area (Å²) in [4.78, 5) is 0. The van der Waals surface area contributed by atoms with Gasteiger partial charge >= 0.3 is 0 Å². The minimum Gasteiger partial charge on any atom is -0.324 e. The molecule has 3 saturated carbocycles. The van der Waals surface area contributed by atoms with Gasteiger partial charge in [0.25, 0.3) is 0 Å². The Hall–Kier alpha value is -0.0400. The molecule has 0 saturated heterocycles. The molecule has 4 unspecified atom stereocenters. The molecular formula is C13H23N. The van der Waals surface area contributed by atoms with Gasteiger partial charge < -0.3 is 5.73 Å². The molecule has 0 amide bonds. The Bertz CT molecular complexity index is 225. The minimum atomic E-state index is 0.312. The predicted molar refractivity (Wildman–Crippen MR) is 58.9 cm³/mol. The fourth-order valence-electron chi connectivity index (χ4n) is 4.54. The lowest BCUT2D eigenvalue weighted by Crippen LogP contribution is -2.40. The lowest BCUT2D eigenvalue weighted by Gasteiger charge is -2.33. The zero-order chi connectivity index (χ0) is 9.76. The largest absolute Gasteiger partial charge is 0.324 e. The molecule has 4 atom stereocenters. The van der Waals surface area contributed by atoms with Crippen molar-refractivity contribution in [2.24, 2.45) is 29.4 Å². The van der Waals surface area contributed by atoms with E-state index in [9.17, 15) is 0 Å². The van der Waals surface area contributed by atoms with Gasteiger partial charge in [-0.05, 0) is 49.4 Å². The lowest BCUT2D eigenvalue weighted by molar-refractivity contribution is 0.210. The van der Waals surface area contributed by atoms with Gasteiger partial charge in [-0.2, -0.15) is 0 Å². The van der Waals surface area contributed by atoms with Crippen LogP contribution in [0.3, 0.4) is 0 Å². The van der Waals surface area contributed by atoms with E-state index in [0.717, 1.165) is 23.7 Å². The highest BCUT2D eigenvalue weighted by atomic mass is 14.9. The molecular weight excluding hydrogens is 170 g/mol. The summed E-state index contributed by atoms with van der Waals surface area (Å²) < 4.78 is 0. The number of hydrogen-bond donors (Lipinski definition) is 1. The Morgan fingerprint density at radius 2 is 1.64 bits per heavy atom. The summed E-state index contributed by atoms with van der Waals surface area (Å²) in [6, 6.07) is 0. The number of nitrogens with two attached hydrogens (primary N) is 1. The first-order valence-corrected chi connectivity index (χ1v) is 6.51. The second-order valence-corrected chi connectivity index (χ2v) is 6.11. The van der Waals surface area contributed by atoms with E-state index < -0.39 is 0 Å². The van der Waals surface area contributed by atoms with Gasteiger partial charge in [-0.15, -0.1) is 0 Å². The van der Waals surface area contributed by atoms with Crippen LogP contribution in [0.4, 0.5) is 0 Å². The fraction of sp³-hybridized carbons (Fsp3) is 1.00. The zero-order valence-corrected chi connectivity index (χ0v) is 9.34. The summed E-state index contributed by atoms with van der Waals surface area (Å²) >= 11 is 0. The molecule has 3 aliphatic rings. The predicted octanol–water partition coefficient (Wildman–Crippen LogP) is 2.94. The van der Waals surface area contributed by atoms with Crippen LogP contribution in [0.15, 0.2) is 0 Å². The van der Waals surface area contributed by atoms with Gasteiger partial charge in [-0.25, -0.2) is 0 Å². The SMILES string of the molecule is CC1CCCC(C2(N)C3CCCC32)C1. The molecule has 2 N–H and O–H groups in total. The van der Waals surface area contributed by atoms with Crippen LogP contribution in [-0.2, 0) is 0 Å². The highest BCUT2D eigenvalue weighted by Gasteiger charge is 2.66. The molecule has 3 aliphatic carbocycles. The molecule has 0 aromatic carbocycles. The average molecular weight is 193 g/mol. The van der Waals surface area contributed by atoms with Gasteiger partial charge in [0.05, 0.1) is 0 Å². The highest BCUT2D eigenvalue weighted by Crippen LogP contribution is 2.64. The summed E-state index contributed by atoms with van der Waals surface area (Å²) in [5, 5.41) is 0. The van der Waals surface area contributed by atoms with Crippen molar-refractivity contribution < 1.29 is 0 Å². The second-order valence-electron chi connectivity index (χ2n) is 6.11. The van der Waals surface area contributed by atoms with Crippen LogP contribution < -0.4 is 5.73 Å². The van der Waals surface area contributed by atoms with Gasteiger partial charge in [0.2, 0.25) is 0 Å². The second kappa shape index (κ2) is 2.98. The number of rotatable bonds is 1. The molecule has 0 heterocycles. The maximum Gasteiger partial charge on any atom is 0.0246 e. The molecule has 0 radical (unpaired) electrons. The van der Waals surface area contributed by atoms with E-state index in [1.807, 2.05) is 0 Å². The maximum atomic E-state index is 6.63. The van der Waals surface area contributed by atoms with Crippen LogP contribution in [0.2, 0.25) is 0 Å². The third-order valence-electron chi connectivity index (χ3n) is 5.33. The third-order valence-corrected chi connectivity index (χ3v) is 5.33. The van der Waals surface area contributed by atoms with Crippen molar-refractivity contribution in [1.29, 1.82) is 0 Å². The summed E-state index contributed by atoms with van der Waals surface area (Å²) in [6.07, 6.45) is 10.1. The highest BCUT2D eigenvalue weighted by molar-refractivity contribution is 5.21. The van der Waals surface area contributed by atoms with Gasteiger partial charge in [0.1, 0.15) is 0 Å². The van der Waals surface area contributed by atoms with Crippen molar-refractivity contribution in [2.45, 2.75) is 57.4 Å². The number of fused-ring (bicyclic) bond motifs is 1. The Kier molecular flexibility index (Phi) is 1.96. The molecule has 14 heavy (non-hydrogen) atoms. The van der Waals surface area contributed by atoms with Crippen molar-refractivity contribution >= 4 is 0 Å². The van der Waals surface area contributed by atoms with Gasteiger partial charge in [-0.1, -0.05) is 26.2 Å². The quantitative estimate of drug-likeness (QED) is 0.681. The van der Waals surface area contributed by atoms with E-state index in [-0.39, 0.29) is 0 Å². The average Bonchev–Trinajstić information content (AvgIpc) is 2.62. The molecule has 1 heteroatoms. The molecule has 3 rings (SSSR count). The first-order valence-electron chi connectivity index (χ1n) is 6.51. The van der Waals surface area contributed by atoms with Crippen LogP contribution in [0.25, 0.3) is 0 Å². The van der Waals surface area contributed by atoms with Crippen molar-refractivity contribution in [3.63, 3.8) is 0 Å². The van der Waals surface area contributed by atoms with E-state index in [1.54, 1.807) is 0 Å². The molecule has 0 aromatic heterocycles. The lowest BCUT2D eigenvalue weighted by atomic mass is 9.75. The fourth-order valence-corrected chi connectivity index (χ4v) is 4.54. The smallest absolute Gasteiger partial charge is 0.0246 e. The van der Waals surface area contributed by atoms with Crippen LogP contribution in [-0.4, -0.2) is 5.54 Å². The molecule has 0 bridgehead atoms. The summed E-state index contributed by atoms with van der Waals surface area (Å²) in [7, 11) is 0. The van der Waals surface area contributed by atoms with E-state index in [1.165, 1.54) is 44.9 Å². The molecule has 1 nitrogen and oxygen atoms in total. The first-order chi connectivity index (χ1) is 6.73. The number of hydrogen-bond acceptors (Lipinski definition) is 1. The van der Waals surface area contributed by atoms with E-state index in [2.05, 4.69) is 6.92 Å². The van der Waals surface area contributed by atoms with Crippen molar-refractivity contribution in [2.75, 3.05) is 0 Å². The summed E-state index contributed by atoms with van der Waals surface area (Å²) in [6.45, 7) is 2.41. The Balaban J connectivity index is 1.70. The summed E-state index contributed by atoms with van der Waals surface area (Å²) in [5.74, 6) is 3.67. The van der Waals surface area contributed by atoms with Gasteiger partial charge in [0, 0.05) is 5.54 Å². The monoisotopic (exact) mass is 193 g/mol. The van der Waals surface area contributed by atoms with E-state index >= 15 is 0 Å². The summed E-state index contributed by atoms with van der Waals surface area (Å²) in [5.41, 5.74) is 6.95. The Morgan fingerprint density at radius 3 is 2.29 bits per heavy atom. The zero-order valence-electron chi connectivity index (χ0n) is 9.34. The van der Waals surface area contributed by atoms with Crippen LogP contribution >= 0.6 is 0 Å². The van der Waals surface area contributed by atoms with Crippen LogP contribution in [0.5, 0.6) is 0 Å². The normalized spacial score (nSPS) is 57.0. The minimum absolute atomic E-state index is 0.312. The molecule has 3 fully saturated rings. The van der Waals surface area contributed by atoms with E-state index in [4.69, 9.17) is 5.73 Å². The van der Waals surface area contributed by atoms with Crippen LogP contribution in [0, 0.1) is 23.7 Å². The van der Waals surface area contributed by atoms with Gasteiger partial charge in [-0.3, -0.25) is 0 Å². The van der Waals surface area contributed by atoms with Crippen molar-refractivity contribution in [3.8, 4) is 0 Å². The Morgan fingerprint density at radius 1 is 1.00 bits per heavy atom. The Labute approximate surface area is 87.4 Å². The molecule has 80 valence electrons. The third kappa shape index (κ3) is 1.11. The molecule has 0 aromatic rings. The van der Waals surface area contributed by atoms with Crippen LogP contribution in [0.1, 0.15) is 51.9 Å². The first kappa shape index (κ1) is 9.21. The topological polar surface area (TPSA) is 26.0 Å². The maximum absolute atomic E-state index is 6.63. The van der Waals surface area contributed by atoms with Gasteiger partial charge in [0.15, 0.2) is 0 Å². The molecule has 0 aliphatic heterocycles. The van der Waals surface area contributed by atoms with Crippen molar-refractivity contribution in [1.82, 2.24) is 0 Å². The van der Waals surface area contributed by atoms with Crippen molar-refractivity contribution in [3.05, 3.63) is 0 Å².